The largest absolute Gasteiger partial charge is 0.474 e. The number of anilines is 2. The van der Waals surface area contributed by atoms with Crippen LogP contribution in [0.25, 0.3) is 22.3 Å². The fraction of sp³-hybridized carbons (Fsp3) is 0.271. The molecule has 6 aromatic rings. The lowest BCUT2D eigenvalue weighted by atomic mass is 9.94. The highest BCUT2D eigenvalue weighted by Crippen LogP contribution is 2.44. The van der Waals surface area contributed by atoms with Gasteiger partial charge in [-0.1, -0.05) is 90.5 Å². The molecule has 4 aromatic carbocycles. The summed E-state index contributed by atoms with van der Waals surface area (Å²) >= 11 is 13.5. The minimum absolute atomic E-state index is 0.0270. The number of hydrogen-bond acceptors (Lipinski definition) is 8. The van der Waals surface area contributed by atoms with E-state index in [4.69, 9.17) is 37.4 Å². The zero-order chi connectivity index (χ0) is 46.0. The number of esters is 1. The monoisotopic (exact) mass is 936 g/mol. The number of carbonyl (C=O) groups is 3. The zero-order valence-electron chi connectivity index (χ0n) is 35.1. The highest BCUT2D eigenvalue weighted by Gasteiger charge is 2.39. The number of amides is 2. The SMILES string of the molecule is C=CCOC(=O)CN1C(=O)C(c2ccc(CC3CCn4c(Cl)c(-c5cc6c(cc5F)OC(c5ccccc5)C(=O)N6)c(=O)n4C3)cc2)Oc2cc(F)c(-c3c(Cl)n4n(c3=O)CCCC4)cc21. The molecule has 3 unspecified atom stereocenters. The van der Waals surface area contributed by atoms with Gasteiger partial charge in [-0.2, -0.15) is 0 Å². The first-order chi connectivity index (χ1) is 31.9. The highest BCUT2D eigenvalue weighted by molar-refractivity contribution is 6.32. The van der Waals surface area contributed by atoms with Crippen LogP contribution in [0, 0.1) is 17.6 Å². The summed E-state index contributed by atoms with van der Waals surface area (Å²) in [5.74, 6) is -3.26. The lowest BCUT2D eigenvalue weighted by Gasteiger charge is -2.34. The van der Waals surface area contributed by atoms with E-state index >= 15 is 8.78 Å². The lowest BCUT2D eigenvalue weighted by molar-refractivity contribution is -0.142. The lowest BCUT2D eigenvalue weighted by Crippen LogP contribution is -2.44. The number of fused-ring (bicyclic) bond motifs is 4. The second-order valence-corrected chi connectivity index (χ2v) is 17.3. The standard InChI is InChI=1S/C48H40Cl2F2N6O8/c1-2-18-64-38(59)25-54-35-21-31(40-43(49)55-15-6-7-16-57(55)46(40)61)33(52)23-37(35)66-42(48(54)63)29-12-10-26(11-13-29)19-27-14-17-56-44(50)39(47(62)58(56)24-27)30-20-34-36(22-32(30)51)65-41(45(60)53-34)28-8-4-3-5-9-28/h2-5,8-13,20-23,27,41-42H,1,6-7,14-19,24-25H2,(H,53,60). The Hall–Kier alpha value is -6.91. The average molecular weight is 938 g/mol. The van der Waals surface area contributed by atoms with Gasteiger partial charge >= 0.3 is 5.97 Å². The van der Waals surface area contributed by atoms with Crippen LogP contribution in [0.3, 0.4) is 0 Å². The Morgan fingerprint density at radius 2 is 1.39 bits per heavy atom. The number of halogens is 4. The van der Waals surface area contributed by atoms with Gasteiger partial charge in [0.2, 0.25) is 12.2 Å². The van der Waals surface area contributed by atoms with Crippen molar-refractivity contribution in [3.8, 4) is 33.8 Å². The topological polar surface area (TPSA) is 148 Å². The second-order valence-electron chi connectivity index (χ2n) is 16.6. The van der Waals surface area contributed by atoms with Gasteiger partial charge in [0, 0.05) is 60.6 Å². The zero-order valence-corrected chi connectivity index (χ0v) is 36.6. The van der Waals surface area contributed by atoms with Crippen LogP contribution in [-0.4, -0.2) is 49.7 Å². The number of nitrogens with zero attached hydrogens (tertiary/aromatic N) is 5. The van der Waals surface area contributed by atoms with Crippen molar-refractivity contribution in [1.29, 1.82) is 0 Å². The van der Waals surface area contributed by atoms with Gasteiger partial charge in [0.1, 0.15) is 46.6 Å². The number of ether oxygens (including phenoxy) is 3. The van der Waals surface area contributed by atoms with E-state index in [9.17, 15) is 24.0 Å². The van der Waals surface area contributed by atoms with E-state index in [1.165, 1.54) is 27.6 Å². The maximum atomic E-state index is 16.1. The molecule has 14 nitrogen and oxygen atoms in total. The van der Waals surface area contributed by atoms with Crippen LogP contribution in [-0.2, 0) is 51.7 Å². The minimum Gasteiger partial charge on any atom is -0.474 e. The Morgan fingerprint density at radius 3 is 2.09 bits per heavy atom. The van der Waals surface area contributed by atoms with Gasteiger partial charge in [-0.15, -0.1) is 0 Å². The van der Waals surface area contributed by atoms with Crippen LogP contribution < -0.4 is 30.8 Å². The van der Waals surface area contributed by atoms with Crippen LogP contribution in [0.2, 0.25) is 10.3 Å². The van der Waals surface area contributed by atoms with Gasteiger partial charge in [0.05, 0.1) is 22.5 Å². The highest BCUT2D eigenvalue weighted by atomic mass is 35.5. The van der Waals surface area contributed by atoms with Crippen molar-refractivity contribution in [1.82, 2.24) is 18.7 Å². The Morgan fingerprint density at radius 1 is 0.773 bits per heavy atom. The molecule has 0 saturated carbocycles. The molecule has 2 aromatic heterocycles. The fourth-order valence-corrected chi connectivity index (χ4v) is 9.97. The van der Waals surface area contributed by atoms with E-state index < -0.39 is 59.3 Å². The van der Waals surface area contributed by atoms with Gasteiger partial charge in [0.25, 0.3) is 22.9 Å². The summed E-state index contributed by atoms with van der Waals surface area (Å²) in [4.78, 5) is 68.8. The van der Waals surface area contributed by atoms with Crippen molar-refractivity contribution in [3.63, 3.8) is 0 Å². The normalized spacial score (nSPS) is 18.5. The molecule has 6 heterocycles. The molecule has 2 amide bonds. The third-order valence-corrected chi connectivity index (χ3v) is 13.3. The number of carbonyl (C=O) groups excluding carboxylic acids is 3. The number of rotatable bonds is 10. The van der Waals surface area contributed by atoms with E-state index in [1.807, 2.05) is 18.2 Å². The summed E-state index contributed by atoms with van der Waals surface area (Å²) in [6.07, 6.45) is 1.89. The summed E-state index contributed by atoms with van der Waals surface area (Å²) in [5.41, 5.74) is 0.977. The van der Waals surface area contributed by atoms with E-state index in [-0.39, 0.29) is 74.5 Å². The third-order valence-electron chi connectivity index (χ3n) is 12.5. The van der Waals surface area contributed by atoms with Crippen molar-refractivity contribution in [2.75, 3.05) is 23.4 Å². The summed E-state index contributed by atoms with van der Waals surface area (Å²) in [7, 11) is 0. The molecule has 66 heavy (non-hydrogen) atoms. The molecule has 0 saturated heterocycles. The van der Waals surface area contributed by atoms with E-state index in [2.05, 4.69) is 11.9 Å². The Balaban J connectivity index is 0.880. The fourth-order valence-electron chi connectivity index (χ4n) is 9.26. The molecule has 0 spiro atoms. The van der Waals surface area contributed by atoms with Crippen LogP contribution in [0.5, 0.6) is 11.5 Å². The minimum atomic E-state index is -1.27. The first-order valence-corrected chi connectivity index (χ1v) is 22.2. The summed E-state index contributed by atoms with van der Waals surface area (Å²) in [6.45, 7) is 4.51. The molecule has 4 aliphatic rings. The van der Waals surface area contributed by atoms with Gasteiger partial charge in [-0.05, 0) is 49.3 Å². The summed E-state index contributed by atoms with van der Waals surface area (Å²) in [6, 6.07) is 20.8. The van der Waals surface area contributed by atoms with E-state index in [1.54, 1.807) is 45.8 Å². The van der Waals surface area contributed by atoms with Crippen molar-refractivity contribution >= 4 is 52.4 Å². The van der Waals surface area contributed by atoms with Crippen molar-refractivity contribution in [3.05, 3.63) is 151 Å². The van der Waals surface area contributed by atoms with Gasteiger partial charge in [-0.3, -0.25) is 38.2 Å². The molecular weight excluding hydrogens is 897 g/mol. The number of nitrogens with one attached hydrogen (secondary N) is 1. The molecule has 338 valence electrons. The maximum Gasteiger partial charge on any atom is 0.326 e. The number of benzene rings is 4. The predicted molar refractivity (Wildman–Crippen MR) is 241 cm³/mol. The number of hydrogen-bond donors (Lipinski definition) is 1. The average Bonchev–Trinajstić information content (AvgIpc) is 3.72. The molecule has 0 aliphatic carbocycles. The Bertz CT molecular complexity index is 3110. The molecule has 0 fully saturated rings. The molecular formula is C48H40Cl2F2N6O8. The maximum absolute atomic E-state index is 16.1. The molecule has 4 aliphatic heterocycles. The molecule has 1 N–H and O–H groups in total. The molecule has 18 heteroatoms. The molecule has 0 bridgehead atoms. The Labute approximate surface area is 385 Å². The van der Waals surface area contributed by atoms with Gasteiger partial charge in [-0.25, -0.2) is 18.1 Å². The first kappa shape index (κ1) is 43.0. The van der Waals surface area contributed by atoms with E-state index in [0.29, 0.717) is 43.6 Å². The summed E-state index contributed by atoms with van der Waals surface area (Å²) in [5, 5.41) is 2.93. The van der Waals surface area contributed by atoms with Crippen molar-refractivity contribution in [2.45, 2.75) is 64.1 Å². The van der Waals surface area contributed by atoms with Gasteiger partial charge < -0.3 is 19.5 Å². The quantitative estimate of drug-likeness (QED) is 0.108. The first-order valence-electron chi connectivity index (χ1n) is 21.4. The van der Waals surface area contributed by atoms with Crippen LogP contribution in [0.4, 0.5) is 20.2 Å². The predicted octanol–water partition coefficient (Wildman–Crippen LogP) is 7.86. The molecule has 3 atom stereocenters. The van der Waals surface area contributed by atoms with Crippen LogP contribution >= 0.6 is 23.2 Å². The molecule has 10 rings (SSSR count). The molecule has 0 radical (unpaired) electrons. The third kappa shape index (κ3) is 7.47. The van der Waals surface area contributed by atoms with Crippen LogP contribution in [0.1, 0.15) is 48.2 Å². The van der Waals surface area contributed by atoms with Crippen molar-refractivity contribution in [2.24, 2.45) is 5.92 Å². The van der Waals surface area contributed by atoms with Gasteiger partial charge in [0.15, 0.2) is 0 Å². The van der Waals surface area contributed by atoms with Crippen LogP contribution in [0.15, 0.2) is 101 Å². The summed E-state index contributed by atoms with van der Waals surface area (Å²) < 4.78 is 55.4. The second kappa shape index (κ2) is 17.1. The van der Waals surface area contributed by atoms with E-state index in [0.717, 1.165) is 35.4 Å². The van der Waals surface area contributed by atoms with Crippen molar-refractivity contribution < 1.29 is 37.4 Å². The Kier molecular flexibility index (Phi) is 11.2. The smallest absolute Gasteiger partial charge is 0.326 e. The number of aromatic nitrogens is 4.